The molecule has 2 N–H and O–H groups in total. The Morgan fingerprint density at radius 3 is 2.52 bits per heavy atom. The maximum Gasteiger partial charge on any atom is 0.406 e. The molecule has 9 heteroatoms. The first kappa shape index (κ1) is 17.1. The third-order valence-electron chi connectivity index (χ3n) is 2.35. The van der Waals surface area contributed by atoms with Crippen molar-refractivity contribution in [1.29, 1.82) is 0 Å². The molecule has 116 valence electrons. The molecule has 5 nitrogen and oxygen atoms in total. The summed E-state index contributed by atoms with van der Waals surface area (Å²) in [7, 11) is 0. The molecule has 0 aromatic heterocycles. The van der Waals surface area contributed by atoms with Gasteiger partial charge in [-0.2, -0.15) is 13.2 Å². The average Bonchev–Trinajstić information content (AvgIpc) is 2.30. The summed E-state index contributed by atoms with van der Waals surface area (Å²) in [4.78, 5) is 22.5. The van der Waals surface area contributed by atoms with Gasteiger partial charge in [-0.15, -0.1) is 0 Å². The van der Waals surface area contributed by atoms with Crippen molar-refractivity contribution < 1.29 is 27.9 Å². The van der Waals surface area contributed by atoms with Crippen molar-refractivity contribution >= 4 is 29.3 Å². The second-order valence-corrected chi connectivity index (χ2v) is 4.69. The predicted octanol–water partition coefficient (Wildman–Crippen LogP) is 3.13. The van der Waals surface area contributed by atoms with Crippen LogP contribution in [0.25, 0.3) is 0 Å². The van der Waals surface area contributed by atoms with E-state index in [1.54, 1.807) is 13.0 Å². The minimum absolute atomic E-state index is 0.110. The van der Waals surface area contributed by atoms with Crippen molar-refractivity contribution in [3.05, 3.63) is 28.8 Å². The highest BCUT2D eigenvalue weighted by Crippen LogP contribution is 2.24. The molecule has 0 atom stereocenters. The van der Waals surface area contributed by atoms with Crippen molar-refractivity contribution in [3.63, 3.8) is 0 Å². The zero-order chi connectivity index (χ0) is 16.2. The monoisotopic (exact) mass is 324 g/mol. The molecule has 0 aliphatic rings. The van der Waals surface area contributed by atoms with Crippen molar-refractivity contribution in [2.75, 3.05) is 18.4 Å². The van der Waals surface area contributed by atoms with Gasteiger partial charge < -0.3 is 15.3 Å². The zero-order valence-corrected chi connectivity index (χ0v) is 11.6. The number of carboxylic acids is 1. The number of anilines is 1. The van der Waals surface area contributed by atoms with Crippen molar-refractivity contribution in [2.24, 2.45) is 0 Å². The second-order valence-electron chi connectivity index (χ2n) is 4.28. The van der Waals surface area contributed by atoms with Gasteiger partial charge in [0.25, 0.3) is 0 Å². The fourth-order valence-corrected chi connectivity index (χ4v) is 1.67. The van der Waals surface area contributed by atoms with E-state index in [2.05, 4.69) is 5.32 Å². The molecule has 21 heavy (non-hydrogen) atoms. The highest BCUT2D eigenvalue weighted by molar-refractivity contribution is 6.33. The van der Waals surface area contributed by atoms with E-state index in [1.165, 1.54) is 12.1 Å². The Bertz CT molecular complexity index is 549. The number of aliphatic carboxylic acids is 1. The van der Waals surface area contributed by atoms with Crippen LogP contribution in [-0.2, 0) is 4.79 Å². The van der Waals surface area contributed by atoms with Crippen LogP contribution in [-0.4, -0.2) is 41.3 Å². The summed E-state index contributed by atoms with van der Waals surface area (Å²) in [6.07, 6.45) is -4.71. The summed E-state index contributed by atoms with van der Waals surface area (Å²) < 4.78 is 37.1. The van der Waals surface area contributed by atoms with Gasteiger partial charge in [0.15, 0.2) is 0 Å². The van der Waals surface area contributed by atoms with E-state index in [0.717, 1.165) is 5.56 Å². The first-order chi connectivity index (χ1) is 9.58. The number of halogens is 4. The van der Waals surface area contributed by atoms with Crippen LogP contribution in [0.3, 0.4) is 0 Å². The quantitative estimate of drug-likeness (QED) is 0.894. The molecule has 0 radical (unpaired) electrons. The maximum atomic E-state index is 12.4. The van der Waals surface area contributed by atoms with E-state index in [4.69, 9.17) is 16.7 Å². The summed E-state index contributed by atoms with van der Waals surface area (Å²) in [5, 5.41) is 10.9. The van der Waals surface area contributed by atoms with Gasteiger partial charge in [0.2, 0.25) is 0 Å². The topological polar surface area (TPSA) is 69.6 Å². The molecule has 0 aliphatic heterocycles. The molecule has 1 aromatic rings. The third kappa shape index (κ3) is 5.90. The van der Waals surface area contributed by atoms with E-state index in [1.807, 2.05) is 0 Å². The maximum absolute atomic E-state index is 12.4. The molecule has 1 aromatic carbocycles. The number of aryl methyl sites for hydroxylation is 1. The van der Waals surface area contributed by atoms with Gasteiger partial charge >= 0.3 is 18.2 Å². The Hall–Kier alpha value is -1.96. The van der Waals surface area contributed by atoms with Crippen LogP contribution in [0.5, 0.6) is 0 Å². The van der Waals surface area contributed by atoms with Gasteiger partial charge in [-0.3, -0.25) is 4.79 Å². The van der Waals surface area contributed by atoms with E-state index >= 15 is 0 Å². The molecule has 0 aliphatic carbocycles. The Kier molecular flexibility index (Phi) is 5.42. The summed E-state index contributed by atoms with van der Waals surface area (Å²) >= 11 is 5.81. The summed E-state index contributed by atoms with van der Waals surface area (Å²) in [6.45, 7) is -1.04. The molecule has 0 saturated heterocycles. The van der Waals surface area contributed by atoms with Crippen LogP contribution >= 0.6 is 11.6 Å². The lowest BCUT2D eigenvalue weighted by Gasteiger charge is -2.22. The van der Waals surface area contributed by atoms with Crippen molar-refractivity contribution in [1.82, 2.24) is 4.90 Å². The molecule has 1 rings (SSSR count). The Labute approximate surface area is 123 Å². The van der Waals surface area contributed by atoms with Gasteiger partial charge in [0, 0.05) is 0 Å². The van der Waals surface area contributed by atoms with Gasteiger partial charge in [-0.05, 0) is 24.6 Å². The largest absolute Gasteiger partial charge is 0.480 e. The number of carboxylic acid groups (broad SMARTS) is 1. The first-order valence-corrected chi connectivity index (χ1v) is 6.07. The van der Waals surface area contributed by atoms with Crippen molar-refractivity contribution in [3.8, 4) is 0 Å². The summed E-state index contributed by atoms with van der Waals surface area (Å²) in [5.41, 5.74) is 0.842. The van der Waals surface area contributed by atoms with Crippen LogP contribution in [0.1, 0.15) is 5.56 Å². The lowest BCUT2D eigenvalue weighted by molar-refractivity contribution is -0.148. The van der Waals surface area contributed by atoms with Crippen LogP contribution in [0.15, 0.2) is 18.2 Å². The summed E-state index contributed by atoms with van der Waals surface area (Å²) in [5.74, 6) is -1.55. The van der Waals surface area contributed by atoms with Crippen LogP contribution in [0, 0.1) is 6.92 Å². The van der Waals surface area contributed by atoms with Crippen LogP contribution in [0.2, 0.25) is 5.02 Å². The van der Waals surface area contributed by atoms with Gasteiger partial charge in [0.05, 0.1) is 10.7 Å². The Balaban J connectivity index is 2.89. The SMILES string of the molecule is Cc1ccc(Cl)c(NC(=O)N(CC(=O)O)CC(F)(F)F)c1. The highest BCUT2D eigenvalue weighted by Gasteiger charge is 2.34. The summed E-state index contributed by atoms with van der Waals surface area (Å²) in [6, 6.07) is 3.40. The molecule has 0 bridgehead atoms. The predicted molar refractivity (Wildman–Crippen MR) is 70.5 cm³/mol. The molecule has 0 unspecified atom stereocenters. The molecular formula is C12H12ClF3N2O3. The molecule has 0 heterocycles. The number of urea groups is 1. The van der Waals surface area contributed by atoms with E-state index in [9.17, 15) is 22.8 Å². The zero-order valence-electron chi connectivity index (χ0n) is 10.9. The van der Waals surface area contributed by atoms with Crippen LogP contribution < -0.4 is 5.32 Å². The minimum Gasteiger partial charge on any atom is -0.480 e. The number of carbonyl (C=O) groups is 2. The van der Waals surface area contributed by atoms with Gasteiger partial charge in [-0.1, -0.05) is 17.7 Å². The number of nitrogens with one attached hydrogen (secondary N) is 1. The highest BCUT2D eigenvalue weighted by atomic mass is 35.5. The van der Waals surface area contributed by atoms with Gasteiger partial charge in [-0.25, -0.2) is 4.79 Å². The smallest absolute Gasteiger partial charge is 0.406 e. The fraction of sp³-hybridized carbons (Fsp3) is 0.333. The fourth-order valence-electron chi connectivity index (χ4n) is 1.51. The lowest BCUT2D eigenvalue weighted by atomic mass is 10.2. The third-order valence-corrected chi connectivity index (χ3v) is 2.68. The van der Waals surface area contributed by atoms with E-state index in [-0.39, 0.29) is 15.6 Å². The lowest BCUT2D eigenvalue weighted by Crippen LogP contribution is -2.44. The number of alkyl halides is 3. The Morgan fingerprint density at radius 1 is 1.38 bits per heavy atom. The van der Waals surface area contributed by atoms with Crippen LogP contribution in [0.4, 0.5) is 23.7 Å². The second kappa shape index (κ2) is 6.66. The number of carbonyl (C=O) groups excluding carboxylic acids is 1. The molecular weight excluding hydrogens is 313 g/mol. The number of nitrogens with zero attached hydrogens (tertiary/aromatic N) is 1. The standard InChI is InChI=1S/C12H12ClF3N2O3/c1-7-2-3-8(13)9(4-7)17-11(21)18(5-10(19)20)6-12(14,15)16/h2-4H,5-6H2,1H3,(H,17,21)(H,19,20). The minimum atomic E-state index is -4.71. The number of hydrogen-bond donors (Lipinski definition) is 2. The molecule has 2 amide bonds. The molecule has 0 fully saturated rings. The normalized spacial score (nSPS) is 11.1. The van der Waals surface area contributed by atoms with E-state index in [0.29, 0.717) is 0 Å². The number of hydrogen-bond acceptors (Lipinski definition) is 2. The Morgan fingerprint density at radius 2 is 2.00 bits per heavy atom. The molecule has 0 saturated carbocycles. The average molecular weight is 325 g/mol. The van der Waals surface area contributed by atoms with E-state index < -0.39 is 31.3 Å². The van der Waals surface area contributed by atoms with Gasteiger partial charge in [0.1, 0.15) is 13.1 Å². The van der Waals surface area contributed by atoms with Crippen molar-refractivity contribution in [2.45, 2.75) is 13.1 Å². The number of amides is 2. The first-order valence-electron chi connectivity index (χ1n) is 5.69. The molecule has 0 spiro atoms. The number of rotatable bonds is 4. The number of benzene rings is 1.